The van der Waals surface area contributed by atoms with Crippen molar-refractivity contribution in [3.05, 3.63) is 0 Å². The molecule has 2 unspecified atom stereocenters. The first kappa shape index (κ1) is 13.7. The lowest BCUT2D eigenvalue weighted by Gasteiger charge is -2.31. The van der Waals surface area contributed by atoms with Crippen molar-refractivity contribution in [2.75, 3.05) is 13.1 Å². The molecule has 1 fully saturated rings. The minimum absolute atomic E-state index is 0.0339. The van der Waals surface area contributed by atoms with Gasteiger partial charge in [-0.25, -0.2) is 0 Å². The average Bonchev–Trinajstić information content (AvgIpc) is 2.49. The first-order chi connectivity index (χ1) is 7.12. The highest BCUT2D eigenvalue weighted by atomic mass is 19.4. The molecule has 2 nitrogen and oxygen atoms in total. The summed E-state index contributed by atoms with van der Waals surface area (Å²) >= 11 is 0. The van der Waals surface area contributed by atoms with E-state index in [9.17, 15) is 17.7 Å². The molecule has 0 aromatic carbocycles. The molecule has 0 saturated carbocycles. The minimum atomic E-state index is -4.24. The van der Waals surface area contributed by atoms with Crippen molar-refractivity contribution < 1.29 is 17.7 Å². The Morgan fingerprint density at radius 2 is 1.81 bits per heavy atom. The molecule has 16 heavy (non-hydrogen) atoms. The van der Waals surface area contributed by atoms with Crippen LogP contribution in [0.5, 0.6) is 0 Å². The number of nitrogens with zero attached hydrogens (tertiary/aromatic N) is 1. The molecule has 1 rings (SSSR count). The largest absolute Gasteiger partial charge is 0.393 e. The predicted molar refractivity (Wildman–Crippen MR) is 53.5 cm³/mol. The molecule has 0 bridgehead atoms. The minimum Gasteiger partial charge on any atom is -0.312 e. The monoisotopic (exact) mass is 242 g/mol. The lowest BCUT2D eigenvalue weighted by Crippen LogP contribution is -2.47. The first-order valence-electron chi connectivity index (χ1n) is 5.36. The zero-order valence-electron chi connectivity index (χ0n) is 9.74. The van der Waals surface area contributed by atoms with Gasteiger partial charge in [0.1, 0.15) is 0 Å². The van der Waals surface area contributed by atoms with Gasteiger partial charge in [-0.15, -0.1) is 9.60 Å². The average molecular weight is 242 g/mol. The van der Waals surface area contributed by atoms with E-state index in [1.807, 2.05) is 0 Å². The molecule has 0 spiro atoms. The van der Waals surface area contributed by atoms with Gasteiger partial charge in [0.25, 0.3) is 0 Å². The molecule has 0 amide bonds. The molecule has 0 radical (unpaired) electrons. The van der Waals surface area contributed by atoms with E-state index in [2.05, 4.69) is 5.32 Å². The number of hydrogen-bond donors (Lipinski definition) is 1. The van der Waals surface area contributed by atoms with Gasteiger partial charge < -0.3 is 5.32 Å². The summed E-state index contributed by atoms with van der Waals surface area (Å²) < 4.78 is 51.3. The topological polar surface area (TPSA) is 15.3 Å². The lowest BCUT2D eigenvalue weighted by atomic mass is 9.98. The molecule has 1 saturated heterocycles. The normalized spacial score (nSPS) is 27.8. The van der Waals surface area contributed by atoms with Crippen LogP contribution in [-0.2, 0) is 0 Å². The number of alkyl halides is 3. The lowest BCUT2D eigenvalue weighted by molar-refractivity contribution is -0.182. The zero-order chi connectivity index (χ0) is 12.6. The van der Waals surface area contributed by atoms with E-state index in [4.69, 9.17) is 0 Å². The van der Waals surface area contributed by atoms with Crippen molar-refractivity contribution in [2.24, 2.45) is 5.92 Å². The van der Waals surface area contributed by atoms with Crippen molar-refractivity contribution in [3.63, 3.8) is 0 Å². The van der Waals surface area contributed by atoms with Crippen LogP contribution in [0.2, 0.25) is 0 Å². The van der Waals surface area contributed by atoms with Crippen molar-refractivity contribution in [2.45, 2.75) is 44.9 Å². The molecular weight excluding hydrogens is 224 g/mol. The third-order valence-electron chi connectivity index (χ3n) is 2.85. The van der Waals surface area contributed by atoms with Crippen LogP contribution in [0.4, 0.5) is 17.7 Å². The maximum Gasteiger partial charge on any atom is 0.393 e. The van der Waals surface area contributed by atoms with E-state index >= 15 is 0 Å². The number of rotatable bonds is 2. The third kappa shape index (κ3) is 3.31. The molecule has 1 N–H and O–H groups in total. The van der Waals surface area contributed by atoms with Crippen LogP contribution in [-0.4, -0.2) is 36.0 Å². The number of nitrogens with one attached hydrogen (secondary N) is 1. The summed E-state index contributed by atoms with van der Waals surface area (Å²) in [6.07, 6.45) is -4.21. The second-order valence-electron chi connectivity index (χ2n) is 5.21. The van der Waals surface area contributed by atoms with Crippen LogP contribution in [0.15, 0.2) is 0 Å². The smallest absolute Gasteiger partial charge is 0.312 e. The highest BCUT2D eigenvalue weighted by Crippen LogP contribution is 2.35. The van der Waals surface area contributed by atoms with Crippen molar-refractivity contribution in [1.82, 2.24) is 10.4 Å². The fraction of sp³-hybridized carbons (Fsp3) is 1.00. The molecule has 1 aliphatic heterocycles. The Kier molecular flexibility index (Phi) is 3.84. The first-order valence-corrected chi connectivity index (χ1v) is 5.36. The molecule has 1 aliphatic rings. The van der Waals surface area contributed by atoms with Gasteiger partial charge in [-0.3, -0.25) is 0 Å². The van der Waals surface area contributed by atoms with Gasteiger partial charge >= 0.3 is 6.18 Å². The Morgan fingerprint density at radius 3 is 2.25 bits per heavy atom. The fourth-order valence-corrected chi connectivity index (χ4v) is 1.80. The second kappa shape index (κ2) is 4.49. The molecule has 96 valence electrons. The van der Waals surface area contributed by atoms with E-state index in [-0.39, 0.29) is 13.0 Å². The quantitative estimate of drug-likeness (QED) is 0.591. The third-order valence-corrected chi connectivity index (χ3v) is 2.85. The van der Waals surface area contributed by atoms with E-state index in [1.54, 1.807) is 20.8 Å². The summed E-state index contributed by atoms with van der Waals surface area (Å²) in [5.74, 6) is -1.44. The summed E-state index contributed by atoms with van der Waals surface area (Å²) in [6.45, 7) is 4.96. The van der Waals surface area contributed by atoms with E-state index in [1.165, 1.54) is 0 Å². The van der Waals surface area contributed by atoms with Crippen LogP contribution >= 0.6 is 0 Å². The second-order valence-corrected chi connectivity index (χ2v) is 5.21. The van der Waals surface area contributed by atoms with Crippen LogP contribution in [0, 0.1) is 5.92 Å². The summed E-state index contributed by atoms with van der Waals surface area (Å²) in [7, 11) is 0. The predicted octanol–water partition coefficient (Wildman–Crippen LogP) is 2.51. The molecule has 0 aromatic heterocycles. The summed E-state index contributed by atoms with van der Waals surface area (Å²) in [5, 5.41) is 3.18. The van der Waals surface area contributed by atoms with Crippen LogP contribution in [0.1, 0.15) is 27.2 Å². The maximum absolute atomic E-state index is 13.5. The highest BCUT2D eigenvalue weighted by molar-refractivity contribution is 4.90. The van der Waals surface area contributed by atoms with Crippen LogP contribution in [0.25, 0.3) is 0 Å². The van der Waals surface area contributed by atoms with Crippen molar-refractivity contribution in [1.29, 1.82) is 0 Å². The summed E-state index contributed by atoms with van der Waals surface area (Å²) in [6, 6.07) is -0.843. The van der Waals surface area contributed by atoms with Crippen LogP contribution < -0.4 is 5.32 Å². The van der Waals surface area contributed by atoms with Gasteiger partial charge in [0.2, 0.25) is 0 Å². The van der Waals surface area contributed by atoms with Gasteiger partial charge in [-0.1, -0.05) is 0 Å². The standard InChI is InChI=1S/C10H18F4N2/c1-9(2,3)16(14)6-8-7(4-5-15-8)10(11,12)13/h7-8,15H,4-6H2,1-3H3. The Balaban J connectivity index is 2.60. The molecule has 0 aliphatic carbocycles. The molecule has 0 aromatic rings. The SMILES string of the molecule is CC(C)(C)N(F)CC1NCCC1C(F)(F)F. The van der Waals surface area contributed by atoms with Crippen molar-refractivity contribution in [3.8, 4) is 0 Å². The maximum atomic E-state index is 13.5. The number of hydrogen-bond acceptors (Lipinski definition) is 2. The summed E-state index contributed by atoms with van der Waals surface area (Å²) in [4.78, 5) is 0. The van der Waals surface area contributed by atoms with Crippen molar-refractivity contribution >= 4 is 0 Å². The number of halogens is 4. The zero-order valence-corrected chi connectivity index (χ0v) is 9.74. The Hall–Kier alpha value is -0.360. The molecule has 2 atom stereocenters. The van der Waals surface area contributed by atoms with Gasteiger partial charge in [0.05, 0.1) is 5.92 Å². The molecule has 1 heterocycles. The van der Waals surface area contributed by atoms with E-state index in [0.717, 1.165) is 0 Å². The molecular formula is C10H18F4N2. The van der Waals surface area contributed by atoms with Gasteiger partial charge in [0.15, 0.2) is 0 Å². The van der Waals surface area contributed by atoms with Gasteiger partial charge in [0, 0.05) is 18.1 Å². The van der Waals surface area contributed by atoms with E-state index < -0.39 is 23.7 Å². The Labute approximate surface area is 92.9 Å². The Bertz CT molecular complexity index is 234. The van der Waals surface area contributed by atoms with Gasteiger partial charge in [-0.2, -0.15) is 13.2 Å². The molecule has 6 heteroatoms. The highest BCUT2D eigenvalue weighted by Gasteiger charge is 2.47. The summed E-state index contributed by atoms with van der Waals surface area (Å²) in [5.41, 5.74) is -0.763. The Morgan fingerprint density at radius 1 is 1.25 bits per heavy atom. The van der Waals surface area contributed by atoms with Crippen LogP contribution in [0.3, 0.4) is 0 Å². The fourth-order valence-electron chi connectivity index (χ4n) is 1.80. The van der Waals surface area contributed by atoms with E-state index in [0.29, 0.717) is 11.7 Å². The van der Waals surface area contributed by atoms with Gasteiger partial charge in [-0.05, 0) is 33.7 Å².